The zero-order chi connectivity index (χ0) is 13.5. The van der Waals surface area contributed by atoms with Gasteiger partial charge < -0.3 is 10.6 Å². The van der Waals surface area contributed by atoms with E-state index in [0.717, 1.165) is 23.6 Å². The van der Waals surface area contributed by atoms with Gasteiger partial charge in [0.1, 0.15) is 0 Å². The second-order valence-electron chi connectivity index (χ2n) is 4.87. The first-order valence-corrected chi connectivity index (χ1v) is 7.18. The van der Waals surface area contributed by atoms with Gasteiger partial charge >= 0.3 is 0 Å². The minimum atomic E-state index is 0.0236. The first-order valence-electron chi connectivity index (χ1n) is 6.80. The number of hydrogen-bond donors (Lipinski definition) is 1. The number of benzene rings is 1. The summed E-state index contributed by atoms with van der Waals surface area (Å²) in [5.74, 6) is 0. The summed E-state index contributed by atoms with van der Waals surface area (Å²) in [4.78, 5) is 2.40. The molecule has 0 spiro atoms. The van der Waals surface area contributed by atoms with Crippen molar-refractivity contribution in [2.24, 2.45) is 5.73 Å². The predicted molar refractivity (Wildman–Crippen MR) is 80.0 cm³/mol. The predicted octanol–water partition coefficient (Wildman–Crippen LogP) is 3.85. The van der Waals surface area contributed by atoms with Crippen LogP contribution in [0.3, 0.4) is 0 Å². The van der Waals surface area contributed by atoms with Crippen molar-refractivity contribution in [3.05, 3.63) is 34.9 Å². The van der Waals surface area contributed by atoms with Crippen molar-refractivity contribution >= 4 is 11.6 Å². The number of rotatable bonds is 7. The quantitative estimate of drug-likeness (QED) is 0.814. The first kappa shape index (κ1) is 15.5. The van der Waals surface area contributed by atoms with Gasteiger partial charge in [-0.25, -0.2) is 0 Å². The summed E-state index contributed by atoms with van der Waals surface area (Å²) in [6.07, 6.45) is 3.32. The van der Waals surface area contributed by atoms with E-state index >= 15 is 0 Å². The van der Waals surface area contributed by atoms with Crippen LogP contribution in [0.25, 0.3) is 0 Å². The summed E-state index contributed by atoms with van der Waals surface area (Å²) in [6.45, 7) is 5.48. The van der Waals surface area contributed by atoms with Crippen molar-refractivity contribution in [3.63, 3.8) is 0 Å². The lowest BCUT2D eigenvalue weighted by atomic mass is 10.0. The molecule has 1 atom stereocenters. The lowest BCUT2D eigenvalue weighted by Crippen LogP contribution is -2.33. The smallest absolute Gasteiger partial charge is 0.0453 e. The third kappa shape index (κ3) is 4.27. The van der Waals surface area contributed by atoms with Crippen LogP contribution in [0.5, 0.6) is 0 Å². The van der Waals surface area contributed by atoms with Gasteiger partial charge in [-0.2, -0.15) is 0 Å². The van der Waals surface area contributed by atoms with Crippen LogP contribution in [-0.4, -0.2) is 24.5 Å². The Balaban J connectivity index is 2.51. The lowest BCUT2D eigenvalue weighted by Gasteiger charge is -2.27. The molecular weight excluding hydrogens is 244 g/mol. The minimum absolute atomic E-state index is 0.0236. The van der Waals surface area contributed by atoms with E-state index < -0.39 is 0 Å². The minimum Gasteiger partial charge on any atom is -0.324 e. The van der Waals surface area contributed by atoms with Crippen molar-refractivity contribution < 1.29 is 0 Å². The molecule has 1 aromatic carbocycles. The highest BCUT2D eigenvalue weighted by atomic mass is 35.5. The van der Waals surface area contributed by atoms with Gasteiger partial charge in [-0.05, 0) is 44.5 Å². The van der Waals surface area contributed by atoms with Crippen LogP contribution in [0.2, 0.25) is 5.02 Å². The largest absolute Gasteiger partial charge is 0.324 e. The van der Waals surface area contributed by atoms with E-state index in [1.54, 1.807) is 0 Å². The zero-order valence-corrected chi connectivity index (χ0v) is 12.5. The van der Waals surface area contributed by atoms with Gasteiger partial charge in [0.2, 0.25) is 0 Å². The maximum absolute atomic E-state index is 6.22. The van der Waals surface area contributed by atoms with Gasteiger partial charge in [-0.15, -0.1) is 0 Å². The molecule has 1 aromatic rings. The van der Waals surface area contributed by atoms with Crippen LogP contribution in [0.15, 0.2) is 24.3 Å². The summed E-state index contributed by atoms with van der Waals surface area (Å²) < 4.78 is 0. The van der Waals surface area contributed by atoms with Gasteiger partial charge in [0.15, 0.2) is 0 Å². The molecule has 0 aliphatic rings. The average Bonchev–Trinajstić information content (AvgIpc) is 2.38. The zero-order valence-electron chi connectivity index (χ0n) is 11.7. The van der Waals surface area contributed by atoms with E-state index in [1.807, 2.05) is 24.3 Å². The second kappa shape index (κ2) is 7.78. The van der Waals surface area contributed by atoms with Crippen molar-refractivity contribution in [1.29, 1.82) is 0 Å². The highest BCUT2D eigenvalue weighted by Crippen LogP contribution is 2.23. The highest BCUT2D eigenvalue weighted by molar-refractivity contribution is 6.31. The monoisotopic (exact) mass is 268 g/mol. The molecule has 0 fully saturated rings. The van der Waals surface area contributed by atoms with Crippen molar-refractivity contribution in [3.8, 4) is 0 Å². The molecule has 0 amide bonds. The topological polar surface area (TPSA) is 29.3 Å². The number of hydrogen-bond acceptors (Lipinski definition) is 2. The van der Waals surface area contributed by atoms with Crippen LogP contribution in [0, 0.1) is 0 Å². The Morgan fingerprint density at radius 2 is 1.83 bits per heavy atom. The molecule has 0 bridgehead atoms. The summed E-state index contributed by atoms with van der Waals surface area (Å²) in [6, 6.07) is 8.53. The van der Waals surface area contributed by atoms with Gasteiger partial charge in [-0.1, -0.05) is 43.6 Å². The molecule has 0 aromatic heterocycles. The van der Waals surface area contributed by atoms with Gasteiger partial charge in [-0.3, -0.25) is 0 Å². The maximum Gasteiger partial charge on any atom is 0.0453 e. The molecule has 0 heterocycles. The number of halogens is 1. The Bertz CT molecular complexity index is 350. The molecule has 1 unspecified atom stereocenters. The van der Waals surface area contributed by atoms with E-state index in [1.165, 1.54) is 12.8 Å². The van der Waals surface area contributed by atoms with Gasteiger partial charge in [0.25, 0.3) is 0 Å². The summed E-state index contributed by atoms with van der Waals surface area (Å²) in [5, 5.41) is 0.773. The molecule has 18 heavy (non-hydrogen) atoms. The lowest BCUT2D eigenvalue weighted by molar-refractivity contribution is 0.222. The Hall–Kier alpha value is -0.570. The van der Waals surface area contributed by atoms with Crippen LogP contribution < -0.4 is 5.73 Å². The summed E-state index contributed by atoms with van der Waals surface area (Å²) >= 11 is 6.16. The van der Waals surface area contributed by atoms with Crippen molar-refractivity contribution in [2.45, 2.75) is 45.2 Å². The Morgan fingerprint density at radius 1 is 1.22 bits per heavy atom. The van der Waals surface area contributed by atoms with Gasteiger partial charge in [0, 0.05) is 17.1 Å². The highest BCUT2D eigenvalue weighted by Gasteiger charge is 2.14. The van der Waals surface area contributed by atoms with Gasteiger partial charge in [0.05, 0.1) is 0 Å². The summed E-state index contributed by atoms with van der Waals surface area (Å²) in [7, 11) is 2.18. The fourth-order valence-electron chi connectivity index (χ4n) is 2.37. The number of nitrogens with two attached hydrogens (primary N) is 1. The fraction of sp³-hybridized carbons (Fsp3) is 0.600. The maximum atomic E-state index is 6.22. The standard InChI is InChI=1S/C15H25ClN2/c1-4-12(5-2)18(3)11-10-15(17)13-8-6-7-9-14(13)16/h6-9,12,15H,4-5,10-11,17H2,1-3H3. The molecular formula is C15H25ClN2. The molecule has 0 radical (unpaired) electrons. The molecule has 3 heteroatoms. The fourth-order valence-corrected chi connectivity index (χ4v) is 2.64. The van der Waals surface area contributed by atoms with Crippen LogP contribution in [-0.2, 0) is 0 Å². The van der Waals surface area contributed by atoms with E-state index in [2.05, 4.69) is 25.8 Å². The molecule has 0 saturated carbocycles. The Labute approximate surface area is 116 Å². The third-order valence-corrected chi connectivity index (χ3v) is 4.01. The molecule has 0 aliphatic carbocycles. The Kier molecular flexibility index (Phi) is 6.69. The van der Waals surface area contributed by atoms with Crippen molar-refractivity contribution in [2.75, 3.05) is 13.6 Å². The molecule has 0 saturated heterocycles. The van der Waals surface area contributed by atoms with E-state index in [9.17, 15) is 0 Å². The average molecular weight is 269 g/mol. The van der Waals surface area contributed by atoms with Crippen LogP contribution in [0.1, 0.15) is 44.7 Å². The SMILES string of the molecule is CCC(CC)N(C)CCC(N)c1ccccc1Cl. The van der Waals surface area contributed by atoms with E-state index in [-0.39, 0.29) is 6.04 Å². The molecule has 0 aliphatic heterocycles. The molecule has 102 valence electrons. The van der Waals surface area contributed by atoms with E-state index in [4.69, 9.17) is 17.3 Å². The van der Waals surface area contributed by atoms with Crippen LogP contribution >= 0.6 is 11.6 Å². The normalized spacial score (nSPS) is 13.3. The molecule has 2 N–H and O–H groups in total. The molecule has 2 nitrogen and oxygen atoms in total. The van der Waals surface area contributed by atoms with Crippen molar-refractivity contribution in [1.82, 2.24) is 4.90 Å². The van der Waals surface area contributed by atoms with Crippen LogP contribution in [0.4, 0.5) is 0 Å². The Morgan fingerprint density at radius 3 is 2.39 bits per heavy atom. The first-order chi connectivity index (χ1) is 8.60. The second-order valence-corrected chi connectivity index (χ2v) is 5.27. The van der Waals surface area contributed by atoms with E-state index in [0.29, 0.717) is 6.04 Å². The third-order valence-electron chi connectivity index (χ3n) is 3.66. The molecule has 1 rings (SSSR count). The summed E-state index contributed by atoms with van der Waals surface area (Å²) in [5.41, 5.74) is 7.27. The number of nitrogens with zero attached hydrogens (tertiary/aromatic N) is 1.